The summed E-state index contributed by atoms with van der Waals surface area (Å²) in [5.74, 6) is 0. The van der Waals surface area contributed by atoms with Crippen molar-refractivity contribution in [2.24, 2.45) is 0 Å². The van der Waals surface area contributed by atoms with Crippen molar-refractivity contribution >= 4 is 22.8 Å². The fraction of sp³-hybridized carbons (Fsp3) is 0.444. The number of benzene rings is 2. The molecule has 0 aliphatic rings. The van der Waals surface area contributed by atoms with Crippen LogP contribution in [0.25, 0.3) is 10.8 Å². The van der Waals surface area contributed by atoms with Crippen LogP contribution in [0.4, 0.5) is 0 Å². The molecule has 3 nitrogen and oxygen atoms in total. The van der Waals surface area contributed by atoms with Crippen molar-refractivity contribution in [1.82, 2.24) is 0 Å². The molecule has 0 aliphatic heterocycles. The summed E-state index contributed by atoms with van der Waals surface area (Å²) in [6.07, 6.45) is 0. The van der Waals surface area contributed by atoms with E-state index in [-0.39, 0.29) is 10.8 Å². The van der Waals surface area contributed by atoms with Gasteiger partial charge in [0.05, 0.1) is 12.0 Å². The molecule has 22 heavy (non-hydrogen) atoms. The highest BCUT2D eigenvalue weighted by molar-refractivity contribution is 7.94. The lowest BCUT2D eigenvalue weighted by atomic mass is 9.78. The normalized spacial score (nSPS) is 12.9. The van der Waals surface area contributed by atoms with Crippen molar-refractivity contribution < 1.29 is 14.6 Å². The Morgan fingerprint density at radius 1 is 0.864 bits per heavy atom. The summed E-state index contributed by atoms with van der Waals surface area (Å²) in [6, 6.07) is 10.5. The van der Waals surface area contributed by atoms with Gasteiger partial charge in [-0.1, -0.05) is 65.8 Å². The van der Waals surface area contributed by atoms with Crippen LogP contribution >= 0.6 is 12.0 Å². The molecule has 0 N–H and O–H groups in total. The van der Waals surface area contributed by atoms with E-state index in [2.05, 4.69) is 69.1 Å². The zero-order chi connectivity index (χ0) is 16.5. The molecule has 0 heterocycles. The first-order chi connectivity index (χ1) is 10.2. The fourth-order valence-corrected chi connectivity index (χ4v) is 3.31. The van der Waals surface area contributed by atoms with Crippen molar-refractivity contribution in [3.05, 3.63) is 41.5 Å². The summed E-state index contributed by atoms with van der Waals surface area (Å²) in [6.45, 7) is 13.2. The maximum Gasteiger partial charge on any atom is 0.0680 e. The molecule has 2 aromatic rings. The van der Waals surface area contributed by atoms with Crippen molar-refractivity contribution in [3.8, 4) is 0 Å². The van der Waals surface area contributed by atoms with Crippen LogP contribution in [0.1, 0.15) is 52.7 Å². The fourth-order valence-electron chi connectivity index (χ4n) is 2.77. The van der Waals surface area contributed by atoms with Crippen LogP contribution in [0.5, 0.6) is 0 Å². The van der Waals surface area contributed by atoms with E-state index in [4.69, 9.17) is 0 Å². The van der Waals surface area contributed by atoms with Gasteiger partial charge in [-0.2, -0.15) is 4.33 Å². The lowest BCUT2D eigenvalue weighted by molar-refractivity contribution is -0.777. The van der Waals surface area contributed by atoms with Gasteiger partial charge in [-0.25, -0.2) is 0 Å². The van der Waals surface area contributed by atoms with Gasteiger partial charge in [0, 0.05) is 10.3 Å². The Hall–Kier alpha value is -1.07. The maximum atomic E-state index is 10.2. The van der Waals surface area contributed by atoms with E-state index >= 15 is 0 Å². The Balaban J connectivity index is 2.82. The SMILES string of the molecule is CC(C)(C)c1ccc(C(C)(C)C)c2c(SOO[O-])cccc12. The second kappa shape index (κ2) is 6.20. The third kappa shape index (κ3) is 3.46. The molecule has 0 spiro atoms. The molecule has 0 aromatic heterocycles. The van der Waals surface area contributed by atoms with Crippen LogP contribution in [-0.4, -0.2) is 0 Å². The largest absolute Gasteiger partial charge is 0.691 e. The van der Waals surface area contributed by atoms with Gasteiger partial charge in [0.25, 0.3) is 0 Å². The van der Waals surface area contributed by atoms with E-state index in [1.165, 1.54) is 16.5 Å². The molecule has 4 heteroatoms. The van der Waals surface area contributed by atoms with Crippen LogP contribution in [0.15, 0.2) is 35.2 Å². The van der Waals surface area contributed by atoms with Crippen LogP contribution < -0.4 is 5.26 Å². The topological polar surface area (TPSA) is 41.5 Å². The first kappa shape index (κ1) is 17.3. The predicted octanol–water partition coefficient (Wildman–Crippen LogP) is 4.67. The van der Waals surface area contributed by atoms with E-state index in [9.17, 15) is 5.26 Å². The van der Waals surface area contributed by atoms with Gasteiger partial charge in [-0.15, -0.1) is 0 Å². The van der Waals surface area contributed by atoms with Crippen LogP contribution in [0.2, 0.25) is 0 Å². The van der Waals surface area contributed by atoms with E-state index < -0.39 is 0 Å². The second-order valence-electron chi connectivity index (χ2n) is 7.56. The van der Waals surface area contributed by atoms with Crippen molar-refractivity contribution in [2.75, 3.05) is 0 Å². The lowest BCUT2D eigenvalue weighted by Crippen LogP contribution is -2.16. The zero-order valence-electron chi connectivity index (χ0n) is 14.0. The quantitative estimate of drug-likeness (QED) is 0.468. The molecule has 2 rings (SSSR count). The molecule has 0 fully saturated rings. The van der Waals surface area contributed by atoms with Crippen LogP contribution in [0.3, 0.4) is 0 Å². The van der Waals surface area contributed by atoms with Crippen molar-refractivity contribution in [1.29, 1.82) is 0 Å². The van der Waals surface area contributed by atoms with Gasteiger partial charge in [0.1, 0.15) is 0 Å². The van der Waals surface area contributed by atoms with Gasteiger partial charge in [-0.3, -0.25) is 5.04 Å². The van der Waals surface area contributed by atoms with Gasteiger partial charge in [0.15, 0.2) is 0 Å². The molecule has 2 aromatic carbocycles. The third-order valence-corrected chi connectivity index (χ3v) is 4.41. The third-order valence-electron chi connectivity index (χ3n) is 3.77. The highest BCUT2D eigenvalue weighted by atomic mass is 32.2. The highest BCUT2D eigenvalue weighted by Gasteiger charge is 2.24. The number of hydrogen-bond acceptors (Lipinski definition) is 4. The molecule has 0 atom stereocenters. The minimum atomic E-state index is -0.0103. The number of fused-ring (bicyclic) bond motifs is 1. The molecule has 0 aliphatic carbocycles. The summed E-state index contributed by atoms with van der Waals surface area (Å²) >= 11 is 0.965. The predicted molar refractivity (Wildman–Crippen MR) is 89.4 cm³/mol. The molecular weight excluding hydrogens is 296 g/mol. The summed E-state index contributed by atoms with van der Waals surface area (Å²) in [4.78, 5) is 0.893. The van der Waals surface area contributed by atoms with E-state index in [0.29, 0.717) is 0 Å². The Kier molecular flexibility index (Phi) is 4.87. The lowest BCUT2D eigenvalue weighted by Gasteiger charge is -2.27. The van der Waals surface area contributed by atoms with Gasteiger partial charge < -0.3 is 5.26 Å². The first-order valence-electron chi connectivity index (χ1n) is 7.36. The summed E-state index contributed by atoms with van der Waals surface area (Å²) < 4.78 is 4.58. The van der Waals surface area contributed by atoms with Gasteiger partial charge in [-0.05, 0) is 33.4 Å². The smallest absolute Gasteiger partial charge is 0.0680 e. The van der Waals surface area contributed by atoms with E-state index in [1.807, 2.05) is 12.1 Å². The summed E-state index contributed by atoms with van der Waals surface area (Å²) in [5, 5.41) is 16.1. The maximum absolute atomic E-state index is 10.2. The number of rotatable bonds is 3. The standard InChI is InChI=1S/C18H24O3S/c1-17(2,3)13-10-11-14(18(4,5)6)16-12(13)8-7-9-15(16)22-21-20-19/h7-11,19H,1-6H3/p-1. The summed E-state index contributed by atoms with van der Waals surface area (Å²) in [5.41, 5.74) is 2.53. The monoisotopic (exact) mass is 319 g/mol. The Morgan fingerprint density at radius 3 is 2.00 bits per heavy atom. The minimum Gasteiger partial charge on any atom is -0.691 e. The van der Waals surface area contributed by atoms with Crippen LogP contribution in [0, 0.1) is 0 Å². The van der Waals surface area contributed by atoms with Gasteiger partial charge in [0.2, 0.25) is 0 Å². The Labute approximate surface area is 136 Å². The molecule has 0 unspecified atom stereocenters. The molecule has 0 bridgehead atoms. The molecule has 0 saturated carbocycles. The summed E-state index contributed by atoms with van der Waals surface area (Å²) in [7, 11) is 0. The van der Waals surface area contributed by atoms with Crippen LogP contribution in [-0.2, 0) is 20.2 Å². The van der Waals surface area contributed by atoms with Crippen molar-refractivity contribution in [2.45, 2.75) is 57.3 Å². The average molecular weight is 319 g/mol. The molecular formula is C18H23O3S-. The van der Waals surface area contributed by atoms with Crippen molar-refractivity contribution in [3.63, 3.8) is 0 Å². The highest BCUT2D eigenvalue weighted by Crippen LogP contribution is 2.40. The number of hydrogen-bond donors (Lipinski definition) is 0. The minimum absolute atomic E-state index is 0.0103. The zero-order valence-corrected chi connectivity index (χ0v) is 14.8. The molecule has 0 amide bonds. The Bertz CT molecular complexity index is 666. The molecule has 0 saturated heterocycles. The molecule has 120 valence electrons. The van der Waals surface area contributed by atoms with Gasteiger partial charge >= 0.3 is 0 Å². The average Bonchev–Trinajstić information content (AvgIpc) is 2.41. The Morgan fingerprint density at radius 2 is 1.45 bits per heavy atom. The second-order valence-corrected chi connectivity index (χ2v) is 8.30. The van der Waals surface area contributed by atoms with E-state index in [0.717, 1.165) is 22.3 Å². The first-order valence-corrected chi connectivity index (χ1v) is 8.10. The molecule has 0 radical (unpaired) electrons. The van der Waals surface area contributed by atoms with E-state index in [1.54, 1.807) is 0 Å².